The van der Waals surface area contributed by atoms with Crippen molar-refractivity contribution in [2.45, 2.75) is 50.2 Å². The number of hydrogen-bond acceptors (Lipinski definition) is 5. The molecule has 0 radical (unpaired) electrons. The molecule has 0 aliphatic heterocycles. The number of amides is 1. The lowest BCUT2D eigenvalue weighted by Crippen LogP contribution is -2.44. The normalized spacial score (nSPS) is 17.6. The molecular formula is C31H34N2O5S. The number of likely N-dealkylation sites (N-methyl/N-ethyl adjacent to an activating group) is 1. The average Bonchev–Trinajstić information content (AvgIpc) is 3.33. The van der Waals surface area contributed by atoms with Crippen LogP contribution in [0.3, 0.4) is 0 Å². The Bertz CT molecular complexity index is 1580. The van der Waals surface area contributed by atoms with Gasteiger partial charge in [0, 0.05) is 37.2 Å². The number of carbonyl (C=O) groups is 1. The highest BCUT2D eigenvalue weighted by atomic mass is 32.2. The first-order chi connectivity index (χ1) is 18.7. The van der Waals surface area contributed by atoms with Gasteiger partial charge in [0.1, 0.15) is 6.61 Å². The summed E-state index contributed by atoms with van der Waals surface area (Å²) in [5.74, 6) is -0.100. The Hall–Kier alpha value is -3.62. The fourth-order valence-corrected chi connectivity index (χ4v) is 6.97. The second-order valence-electron chi connectivity index (χ2n) is 10.6. The fourth-order valence-electron chi connectivity index (χ4n) is 5.58. The number of carbonyl (C=O) groups excluding carboxylic acids is 1. The van der Waals surface area contributed by atoms with Crippen LogP contribution in [0.1, 0.15) is 41.5 Å². The second kappa shape index (κ2) is 10.9. The maximum Gasteiger partial charge on any atom is 0.410 e. The van der Waals surface area contributed by atoms with E-state index in [9.17, 15) is 18.3 Å². The molecule has 8 heteroatoms. The van der Waals surface area contributed by atoms with Crippen LogP contribution in [-0.4, -0.2) is 48.2 Å². The SMILES string of the molecule is Cc1ccc(S(=O)(=O)n2cc3c4c(cccc42)[C@H](CC(C)CO)[C@H](N(C)C(=O)OCc2ccccc2)C3)cc1. The van der Waals surface area contributed by atoms with Gasteiger partial charge in [0.05, 0.1) is 10.4 Å². The van der Waals surface area contributed by atoms with Crippen LogP contribution in [0.15, 0.2) is 83.9 Å². The van der Waals surface area contributed by atoms with Crippen LogP contribution in [-0.2, 0) is 27.8 Å². The smallest absolute Gasteiger partial charge is 0.410 e. The number of aliphatic hydroxyl groups excluding tert-OH is 1. The summed E-state index contributed by atoms with van der Waals surface area (Å²) in [6, 6.07) is 21.8. The van der Waals surface area contributed by atoms with E-state index in [1.54, 1.807) is 42.4 Å². The second-order valence-corrected chi connectivity index (χ2v) is 12.4. The van der Waals surface area contributed by atoms with E-state index in [-0.39, 0.29) is 36.0 Å². The van der Waals surface area contributed by atoms with Crippen molar-refractivity contribution in [1.29, 1.82) is 0 Å². The summed E-state index contributed by atoms with van der Waals surface area (Å²) in [6.45, 7) is 4.09. The topological polar surface area (TPSA) is 88.8 Å². The van der Waals surface area contributed by atoms with Gasteiger partial charge in [-0.2, -0.15) is 0 Å². The molecule has 0 saturated carbocycles. The van der Waals surface area contributed by atoms with Gasteiger partial charge in [0.15, 0.2) is 0 Å². The Kier molecular flexibility index (Phi) is 7.51. The van der Waals surface area contributed by atoms with Gasteiger partial charge in [0.2, 0.25) is 0 Å². The average molecular weight is 547 g/mol. The van der Waals surface area contributed by atoms with Gasteiger partial charge in [-0.15, -0.1) is 0 Å². The van der Waals surface area contributed by atoms with E-state index in [0.29, 0.717) is 18.4 Å². The summed E-state index contributed by atoms with van der Waals surface area (Å²) in [7, 11) is -2.09. The molecule has 39 heavy (non-hydrogen) atoms. The zero-order valence-electron chi connectivity index (χ0n) is 22.4. The Balaban J connectivity index is 1.53. The lowest BCUT2D eigenvalue weighted by molar-refractivity contribution is 0.0820. The van der Waals surface area contributed by atoms with Crippen LogP contribution in [0.25, 0.3) is 10.9 Å². The molecule has 7 nitrogen and oxygen atoms in total. The molecule has 3 atom stereocenters. The number of ether oxygens (including phenoxy) is 1. The van der Waals surface area contributed by atoms with Gasteiger partial charge in [0.25, 0.3) is 10.0 Å². The lowest BCUT2D eigenvalue weighted by atomic mass is 9.75. The van der Waals surface area contributed by atoms with Crippen LogP contribution in [0.5, 0.6) is 0 Å². The van der Waals surface area contributed by atoms with Gasteiger partial charge in [-0.05, 0) is 60.6 Å². The summed E-state index contributed by atoms with van der Waals surface area (Å²) >= 11 is 0. The van der Waals surface area contributed by atoms with E-state index in [0.717, 1.165) is 27.6 Å². The van der Waals surface area contributed by atoms with Crippen molar-refractivity contribution in [2.24, 2.45) is 5.92 Å². The van der Waals surface area contributed by atoms with Crippen molar-refractivity contribution < 1.29 is 23.1 Å². The minimum Gasteiger partial charge on any atom is -0.445 e. The Morgan fingerprint density at radius 2 is 1.79 bits per heavy atom. The molecule has 1 aromatic heterocycles. The van der Waals surface area contributed by atoms with Crippen LogP contribution < -0.4 is 0 Å². The molecule has 1 unspecified atom stereocenters. The van der Waals surface area contributed by atoms with Gasteiger partial charge in [-0.3, -0.25) is 0 Å². The third-order valence-corrected chi connectivity index (χ3v) is 9.42. The molecule has 1 aliphatic rings. The summed E-state index contributed by atoms with van der Waals surface area (Å²) in [4.78, 5) is 15.1. The molecule has 0 spiro atoms. The Labute approximate surface area is 229 Å². The summed E-state index contributed by atoms with van der Waals surface area (Å²) in [5, 5.41) is 10.8. The van der Waals surface area contributed by atoms with Gasteiger partial charge >= 0.3 is 6.09 Å². The molecule has 0 fully saturated rings. The molecular weight excluding hydrogens is 512 g/mol. The predicted molar refractivity (Wildman–Crippen MR) is 151 cm³/mol. The molecule has 3 aromatic carbocycles. The number of rotatable bonds is 8. The molecule has 1 N–H and O–H groups in total. The predicted octanol–water partition coefficient (Wildman–Crippen LogP) is 5.48. The van der Waals surface area contributed by atoms with Crippen molar-refractivity contribution in [3.05, 3.63) is 101 Å². The van der Waals surface area contributed by atoms with E-state index < -0.39 is 16.1 Å². The van der Waals surface area contributed by atoms with Crippen LogP contribution in [0.4, 0.5) is 4.79 Å². The molecule has 1 heterocycles. The first kappa shape index (κ1) is 27.0. The summed E-state index contributed by atoms with van der Waals surface area (Å²) < 4.78 is 34.4. The number of aryl methyl sites for hydroxylation is 1. The molecule has 1 amide bonds. The van der Waals surface area contributed by atoms with E-state index in [1.165, 1.54) is 3.97 Å². The number of aliphatic hydroxyl groups is 1. The van der Waals surface area contributed by atoms with E-state index in [1.807, 2.05) is 62.4 Å². The number of aromatic nitrogens is 1. The first-order valence-corrected chi connectivity index (χ1v) is 14.6. The van der Waals surface area contributed by atoms with Gasteiger partial charge in [-0.25, -0.2) is 17.2 Å². The molecule has 0 saturated heterocycles. The third kappa shape index (κ3) is 5.18. The van der Waals surface area contributed by atoms with Crippen LogP contribution >= 0.6 is 0 Å². The Morgan fingerprint density at radius 1 is 1.08 bits per heavy atom. The molecule has 5 rings (SSSR count). The monoisotopic (exact) mass is 546 g/mol. The number of nitrogens with zero attached hydrogens (tertiary/aromatic N) is 2. The molecule has 0 bridgehead atoms. The van der Waals surface area contributed by atoms with Crippen molar-refractivity contribution in [2.75, 3.05) is 13.7 Å². The molecule has 1 aliphatic carbocycles. The van der Waals surface area contributed by atoms with Crippen LogP contribution in [0, 0.1) is 12.8 Å². The lowest BCUT2D eigenvalue weighted by Gasteiger charge is -2.38. The van der Waals surface area contributed by atoms with Gasteiger partial charge in [-0.1, -0.05) is 67.1 Å². The summed E-state index contributed by atoms with van der Waals surface area (Å²) in [5.41, 5.74) is 4.37. The molecule has 204 valence electrons. The quantitative estimate of drug-likeness (QED) is 0.316. The molecule has 4 aromatic rings. The van der Waals surface area contributed by atoms with Crippen molar-refractivity contribution in [3.8, 4) is 0 Å². The Morgan fingerprint density at radius 3 is 2.49 bits per heavy atom. The third-order valence-electron chi connectivity index (χ3n) is 7.74. The van der Waals surface area contributed by atoms with Crippen molar-refractivity contribution in [3.63, 3.8) is 0 Å². The number of hydrogen-bond donors (Lipinski definition) is 1. The highest BCUT2D eigenvalue weighted by Crippen LogP contribution is 2.43. The minimum absolute atomic E-state index is 0.00132. The fraction of sp³-hybridized carbons (Fsp3) is 0.323. The standard InChI is InChI=1S/C31H34N2O5S/c1-21-12-14-25(15-13-21)39(36,37)33-18-24-17-29(32(3)31(35)38-20-23-8-5-4-6-9-23)27(16-22(2)19-34)26-10-7-11-28(33)30(24)26/h4-15,18,22,27,29,34H,16-17,19-20H2,1-3H3/t22?,27-,29+/m0/s1. The van der Waals surface area contributed by atoms with Crippen molar-refractivity contribution in [1.82, 2.24) is 8.87 Å². The number of benzene rings is 3. The highest BCUT2D eigenvalue weighted by Gasteiger charge is 2.38. The first-order valence-electron chi connectivity index (χ1n) is 13.2. The maximum atomic E-state index is 13.7. The van der Waals surface area contributed by atoms with E-state index in [2.05, 4.69) is 0 Å². The zero-order valence-corrected chi connectivity index (χ0v) is 23.3. The van der Waals surface area contributed by atoms with Crippen molar-refractivity contribution >= 4 is 27.0 Å². The zero-order chi connectivity index (χ0) is 27.7. The maximum absolute atomic E-state index is 13.7. The van der Waals surface area contributed by atoms with Gasteiger partial charge < -0.3 is 14.7 Å². The minimum atomic E-state index is -3.83. The highest BCUT2D eigenvalue weighted by molar-refractivity contribution is 7.90. The van der Waals surface area contributed by atoms with E-state index in [4.69, 9.17) is 4.74 Å². The van der Waals surface area contributed by atoms with Crippen LogP contribution in [0.2, 0.25) is 0 Å². The largest absolute Gasteiger partial charge is 0.445 e. The summed E-state index contributed by atoms with van der Waals surface area (Å²) in [6.07, 6.45) is 2.38. The van der Waals surface area contributed by atoms with E-state index >= 15 is 0 Å².